The number of ether oxygens (including phenoxy) is 2. The quantitative estimate of drug-likeness (QED) is 0.878. The van der Waals surface area contributed by atoms with Crippen LogP contribution in [0.15, 0.2) is 24.3 Å². The summed E-state index contributed by atoms with van der Waals surface area (Å²) in [5.74, 6) is 1.20. The molecule has 1 aromatic carbocycles. The van der Waals surface area contributed by atoms with Gasteiger partial charge in [0, 0.05) is 50.8 Å². The van der Waals surface area contributed by atoms with Crippen LogP contribution in [0.3, 0.4) is 0 Å². The highest BCUT2D eigenvalue weighted by Gasteiger charge is 2.53. The fraction of sp³-hybridized carbons (Fsp3) is 0.667. The number of benzene rings is 1. The van der Waals surface area contributed by atoms with Crippen LogP contribution in [-0.4, -0.2) is 50.8 Å². The van der Waals surface area contributed by atoms with Crippen molar-refractivity contribution in [1.29, 1.82) is 0 Å². The van der Waals surface area contributed by atoms with Gasteiger partial charge >= 0.3 is 0 Å². The first kappa shape index (κ1) is 18.0. The molecule has 5 heteroatoms. The Balaban J connectivity index is 1.61. The van der Waals surface area contributed by atoms with Crippen molar-refractivity contribution < 1.29 is 14.3 Å². The molecule has 3 atom stereocenters. The second-order valence-electron chi connectivity index (χ2n) is 8.22. The third-order valence-electron chi connectivity index (χ3n) is 6.75. The van der Waals surface area contributed by atoms with Gasteiger partial charge in [-0.3, -0.25) is 4.79 Å². The predicted molar refractivity (Wildman–Crippen MR) is 99.8 cm³/mol. The van der Waals surface area contributed by atoms with Crippen molar-refractivity contribution in [3.63, 3.8) is 0 Å². The number of hydrogen-bond donors (Lipinski definition) is 1. The van der Waals surface area contributed by atoms with Crippen LogP contribution < -0.4 is 5.73 Å². The van der Waals surface area contributed by atoms with Crippen molar-refractivity contribution in [1.82, 2.24) is 4.90 Å². The Hall–Kier alpha value is -1.43. The maximum atomic E-state index is 11.7. The predicted octanol–water partition coefficient (Wildman–Crippen LogP) is 2.40. The molecule has 4 rings (SSSR count). The van der Waals surface area contributed by atoms with Crippen LogP contribution in [0.4, 0.5) is 0 Å². The van der Waals surface area contributed by atoms with Gasteiger partial charge in [-0.15, -0.1) is 0 Å². The lowest BCUT2D eigenvalue weighted by molar-refractivity contribution is -0.170. The third kappa shape index (κ3) is 3.06. The normalized spacial score (nSPS) is 34.7. The fourth-order valence-electron chi connectivity index (χ4n) is 5.60. The molecule has 2 N–H and O–H groups in total. The first-order valence-corrected chi connectivity index (χ1v) is 9.89. The second-order valence-corrected chi connectivity index (χ2v) is 8.22. The van der Waals surface area contributed by atoms with Crippen molar-refractivity contribution >= 4 is 5.91 Å². The van der Waals surface area contributed by atoms with E-state index in [1.54, 1.807) is 6.07 Å². The lowest BCUT2D eigenvalue weighted by Gasteiger charge is -2.55. The van der Waals surface area contributed by atoms with Crippen LogP contribution in [-0.2, 0) is 15.1 Å². The van der Waals surface area contributed by atoms with E-state index in [2.05, 4.69) is 11.0 Å². The van der Waals surface area contributed by atoms with Gasteiger partial charge in [-0.05, 0) is 42.9 Å². The molecule has 3 fully saturated rings. The van der Waals surface area contributed by atoms with Gasteiger partial charge in [-0.2, -0.15) is 0 Å². The molecule has 142 valence electrons. The second kappa shape index (κ2) is 7.29. The van der Waals surface area contributed by atoms with E-state index in [-0.39, 0.29) is 11.5 Å². The van der Waals surface area contributed by atoms with E-state index < -0.39 is 0 Å². The summed E-state index contributed by atoms with van der Waals surface area (Å²) in [6, 6.07) is 7.80. The molecule has 0 aromatic heterocycles. The van der Waals surface area contributed by atoms with E-state index in [4.69, 9.17) is 15.2 Å². The monoisotopic (exact) mass is 358 g/mol. The van der Waals surface area contributed by atoms with E-state index in [9.17, 15) is 4.79 Å². The van der Waals surface area contributed by atoms with Gasteiger partial charge in [0.2, 0.25) is 5.91 Å². The van der Waals surface area contributed by atoms with E-state index in [0.717, 1.165) is 38.4 Å². The number of carbonyl (C=O) groups is 1. The maximum Gasteiger partial charge on any atom is 0.248 e. The highest BCUT2D eigenvalue weighted by molar-refractivity contribution is 5.92. The van der Waals surface area contributed by atoms with E-state index in [1.807, 2.05) is 19.2 Å². The molecule has 3 unspecified atom stereocenters. The Labute approximate surface area is 155 Å². The smallest absolute Gasteiger partial charge is 0.248 e. The van der Waals surface area contributed by atoms with Gasteiger partial charge in [-0.1, -0.05) is 18.6 Å². The average molecular weight is 358 g/mol. The Morgan fingerprint density at radius 3 is 2.69 bits per heavy atom. The summed E-state index contributed by atoms with van der Waals surface area (Å²) >= 11 is 0. The first-order chi connectivity index (χ1) is 12.6. The van der Waals surface area contributed by atoms with Crippen molar-refractivity contribution in [3.8, 4) is 0 Å². The number of primary amides is 1. The molecule has 26 heavy (non-hydrogen) atoms. The van der Waals surface area contributed by atoms with E-state index in [1.165, 1.54) is 25.7 Å². The number of piperidine rings is 1. The first-order valence-electron chi connectivity index (χ1n) is 9.89. The van der Waals surface area contributed by atoms with Gasteiger partial charge in [-0.25, -0.2) is 0 Å². The molecule has 2 heterocycles. The lowest BCUT2D eigenvalue weighted by atomic mass is 9.62. The summed E-state index contributed by atoms with van der Waals surface area (Å²) in [5.41, 5.74) is 6.92. The summed E-state index contributed by atoms with van der Waals surface area (Å²) < 4.78 is 11.8. The molecule has 5 nitrogen and oxygen atoms in total. The SMILES string of the molecule is COC1(c2cccc(C(N)=O)c2)C2CCCC1CN(CC1CCOC1)C2. The number of methoxy groups -OCH3 is 1. The molecule has 1 amide bonds. The third-order valence-corrected chi connectivity index (χ3v) is 6.75. The largest absolute Gasteiger partial charge is 0.381 e. The number of carbonyl (C=O) groups excluding carboxylic acids is 1. The Bertz CT molecular complexity index is 642. The molecule has 1 aromatic rings. The Morgan fingerprint density at radius 2 is 2.08 bits per heavy atom. The zero-order valence-corrected chi connectivity index (χ0v) is 15.7. The summed E-state index contributed by atoms with van der Waals surface area (Å²) in [4.78, 5) is 14.3. The minimum absolute atomic E-state index is 0.299. The number of nitrogens with two attached hydrogens (primary N) is 1. The summed E-state index contributed by atoms with van der Waals surface area (Å²) in [6.45, 7) is 5.06. The van der Waals surface area contributed by atoms with Gasteiger partial charge in [0.1, 0.15) is 5.60 Å². The van der Waals surface area contributed by atoms with Crippen LogP contribution in [0.25, 0.3) is 0 Å². The maximum absolute atomic E-state index is 11.7. The molecular weight excluding hydrogens is 328 g/mol. The molecule has 2 saturated heterocycles. The number of hydrogen-bond acceptors (Lipinski definition) is 4. The molecule has 0 spiro atoms. The van der Waals surface area contributed by atoms with Gasteiger partial charge in [0.15, 0.2) is 0 Å². The van der Waals surface area contributed by atoms with Gasteiger partial charge in [0.25, 0.3) is 0 Å². The molecule has 0 radical (unpaired) electrons. The molecule has 2 bridgehead atoms. The zero-order chi connectivity index (χ0) is 18.1. The zero-order valence-electron chi connectivity index (χ0n) is 15.7. The molecular formula is C21H30N2O3. The number of amides is 1. The summed E-state index contributed by atoms with van der Waals surface area (Å²) in [5, 5.41) is 0. The summed E-state index contributed by atoms with van der Waals surface area (Å²) in [7, 11) is 1.84. The number of nitrogens with zero attached hydrogens (tertiary/aromatic N) is 1. The van der Waals surface area contributed by atoms with Crippen molar-refractivity contribution in [2.24, 2.45) is 23.5 Å². The molecule has 1 aliphatic carbocycles. The molecule has 3 aliphatic rings. The number of rotatable bonds is 5. The van der Waals surface area contributed by atoms with Gasteiger partial charge in [0.05, 0.1) is 6.61 Å². The number of likely N-dealkylation sites (tertiary alicyclic amines) is 1. The summed E-state index contributed by atoms with van der Waals surface area (Å²) in [6.07, 6.45) is 4.78. The van der Waals surface area contributed by atoms with Crippen molar-refractivity contribution in [2.45, 2.75) is 31.3 Å². The fourth-order valence-corrected chi connectivity index (χ4v) is 5.60. The van der Waals surface area contributed by atoms with Crippen LogP contribution in [0.5, 0.6) is 0 Å². The average Bonchev–Trinajstić information content (AvgIpc) is 3.14. The highest BCUT2D eigenvalue weighted by atomic mass is 16.5. The molecule has 2 aliphatic heterocycles. The van der Waals surface area contributed by atoms with Crippen LogP contribution >= 0.6 is 0 Å². The van der Waals surface area contributed by atoms with Crippen molar-refractivity contribution in [2.75, 3.05) is 40.0 Å². The minimum Gasteiger partial charge on any atom is -0.381 e. The van der Waals surface area contributed by atoms with E-state index >= 15 is 0 Å². The van der Waals surface area contributed by atoms with Crippen molar-refractivity contribution in [3.05, 3.63) is 35.4 Å². The Morgan fingerprint density at radius 1 is 1.31 bits per heavy atom. The van der Waals surface area contributed by atoms with Crippen LogP contribution in [0.1, 0.15) is 41.6 Å². The topological polar surface area (TPSA) is 64.8 Å². The van der Waals surface area contributed by atoms with E-state index in [0.29, 0.717) is 23.3 Å². The number of fused-ring (bicyclic) bond motifs is 2. The van der Waals surface area contributed by atoms with Crippen LogP contribution in [0, 0.1) is 17.8 Å². The standard InChI is InChI=1S/C21H30N2O3/c1-25-21(17-5-2-4-16(10-17)20(22)24)18-6-3-7-19(21)13-23(12-18)11-15-8-9-26-14-15/h2,4-5,10,15,18-19H,3,6-9,11-14H2,1H3,(H2,22,24). The molecule has 1 saturated carbocycles. The minimum atomic E-state index is -0.373. The van der Waals surface area contributed by atoms with Crippen LogP contribution in [0.2, 0.25) is 0 Å². The van der Waals surface area contributed by atoms with Gasteiger partial charge < -0.3 is 20.1 Å². The highest BCUT2D eigenvalue weighted by Crippen LogP contribution is 2.51. The Kier molecular flexibility index (Phi) is 5.04. The lowest BCUT2D eigenvalue weighted by Crippen LogP contribution is -2.59.